The molecule has 0 saturated carbocycles. The van der Waals surface area contributed by atoms with E-state index in [9.17, 15) is 4.79 Å². The summed E-state index contributed by atoms with van der Waals surface area (Å²) in [6.07, 6.45) is 0.778. The number of aliphatic imine (C=N–C) groups is 1. The molecule has 0 aromatic heterocycles. The molecule has 0 aliphatic carbocycles. The molecule has 33 heavy (non-hydrogen) atoms. The molecule has 0 atom stereocenters. The predicted molar refractivity (Wildman–Crippen MR) is 132 cm³/mol. The van der Waals surface area contributed by atoms with E-state index in [0.717, 1.165) is 0 Å². The molecule has 0 bridgehead atoms. The second-order valence-corrected chi connectivity index (χ2v) is 9.01. The number of methoxy groups -OCH3 is 1. The Morgan fingerprint density at radius 3 is 2.33 bits per heavy atom. The highest BCUT2D eigenvalue weighted by Crippen LogP contribution is 2.34. The fraction of sp³-hybridized carbons (Fsp3) is 0.273. The van der Waals surface area contributed by atoms with E-state index in [1.807, 2.05) is 0 Å². The molecule has 2 rings (SSSR count). The lowest BCUT2D eigenvalue weighted by molar-refractivity contribution is 0.144. The number of nitrogens with one attached hydrogen (secondary N) is 2. The van der Waals surface area contributed by atoms with Crippen LogP contribution < -0.4 is 15.4 Å². The van der Waals surface area contributed by atoms with Crippen LogP contribution in [0.25, 0.3) is 5.70 Å². The van der Waals surface area contributed by atoms with Crippen LogP contribution in [0.5, 0.6) is 5.75 Å². The molecule has 2 N–H and O–H groups in total. The Bertz CT molecular complexity index is 996. The van der Waals surface area contributed by atoms with Crippen molar-refractivity contribution in [3.8, 4) is 5.75 Å². The smallest absolute Gasteiger partial charge is 0.411 e. The number of anilines is 2. The maximum Gasteiger partial charge on any atom is 0.411 e. The van der Waals surface area contributed by atoms with Gasteiger partial charge in [0.05, 0.1) is 17.9 Å². The third-order valence-electron chi connectivity index (χ3n) is 3.99. The Morgan fingerprint density at radius 1 is 1.12 bits per heavy atom. The number of amides is 1. The average Bonchev–Trinajstić information content (AvgIpc) is 2.75. The van der Waals surface area contributed by atoms with E-state index in [1.54, 1.807) is 43.5 Å². The summed E-state index contributed by atoms with van der Waals surface area (Å²) in [4.78, 5) is 16.0. The monoisotopic (exact) mass is 517 g/mol. The Hall–Kier alpha value is -2.52. The van der Waals surface area contributed by atoms with E-state index in [2.05, 4.69) is 22.2 Å². The molecular formula is C22H23Cl3FN3O4. The number of carbonyl (C=O) groups is 1. The van der Waals surface area contributed by atoms with Crippen LogP contribution in [0, 0.1) is 5.82 Å². The fourth-order valence-electron chi connectivity index (χ4n) is 2.60. The van der Waals surface area contributed by atoms with Crippen molar-refractivity contribution in [1.82, 2.24) is 0 Å². The standard InChI is InChI=1S/C22H23Cl3FN3O4/c1-4-27-17-9-10-18(32-12-11-31-3)20(26)19(17)14(2)28-15-5-7-16(8-6-15)29-21(30)33-13-22(23,24)25/h4-10,28H,2,11-13H2,1,3H3,(H,29,30). The number of hydrogen-bond donors (Lipinski definition) is 2. The van der Waals surface area contributed by atoms with E-state index in [1.165, 1.54) is 13.2 Å². The highest BCUT2D eigenvalue weighted by Gasteiger charge is 2.22. The molecule has 0 heterocycles. The number of alkyl halides is 3. The lowest BCUT2D eigenvalue weighted by Gasteiger charge is -2.16. The van der Waals surface area contributed by atoms with Gasteiger partial charge in [-0.25, -0.2) is 9.18 Å². The molecule has 0 fully saturated rings. The highest BCUT2D eigenvalue weighted by atomic mass is 35.6. The van der Waals surface area contributed by atoms with Crippen LogP contribution in [0.15, 0.2) is 48.0 Å². The minimum Gasteiger partial charge on any atom is -0.488 e. The summed E-state index contributed by atoms with van der Waals surface area (Å²) >= 11 is 16.6. The zero-order valence-electron chi connectivity index (χ0n) is 18.0. The summed E-state index contributed by atoms with van der Waals surface area (Å²) in [7, 11) is 1.53. The summed E-state index contributed by atoms with van der Waals surface area (Å²) in [5.41, 5.74) is 1.86. The minimum atomic E-state index is -1.70. The van der Waals surface area contributed by atoms with Crippen molar-refractivity contribution in [1.29, 1.82) is 0 Å². The van der Waals surface area contributed by atoms with Gasteiger partial charge in [-0.3, -0.25) is 10.3 Å². The molecule has 0 aliphatic heterocycles. The van der Waals surface area contributed by atoms with Gasteiger partial charge in [-0.15, -0.1) is 0 Å². The number of nitrogens with zero attached hydrogens (tertiary/aromatic N) is 1. The number of hydrogen-bond acceptors (Lipinski definition) is 6. The number of carbonyl (C=O) groups excluding carboxylic acids is 1. The van der Waals surface area contributed by atoms with Gasteiger partial charge in [0.2, 0.25) is 3.79 Å². The minimum absolute atomic E-state index is 0.0629. The normalized spacial score (nSPS) is 11.3. The van der Waals surface area contributed by atoms with Gasteiger partial charge in [0, 0.05) is 30.4 Å². The van der Waals surface area contributed by atoms with E-state index < -0.39 is 22.3 Å². The zero-order chi connectivity index (χ0) is 24.4. The topological polar surface area (TPSA) is 81.2 Å². The summed E-state index contributed by atoms with van der Waals surface area (Å²) in [5.74, 6) is -0.533. The van der Waals surface area contributed by atoms with E-state index in [-0.39, 0.29) is 23.6 Å². The van der Waals surface area contributed by atoms with Crippen LogP contribution in [0.2, 0.25) is 0 Å². The van der Waals surface area contributed by atoms with E-state index in [0.29, 0.717) is 23.7 Å². The van der Waals surface area contributed by atoms with Crippen LogP contribution in [-0.4, -0.2) is 43.0 Å². The highest BCUT2D eigenvalue weighted by molar-refractivity contribution is 6.67. The molecule has 0 saturated heterocycles. The van der Waals surface area contributed by atoms with Crippen LogP contribution in [0.3, 0.4) is 0 Å². The van der Waals surface area contributed by atoms with Crippen molar-refractivity contribution in [3.05, 3.63) is 54.4 Å². The van der Waals surface area contributed by atoms with Gasteiger partial charge in [-0.05, 0) is 43.3 Å². The lowest BCUT2D eigenvalue weighted by Crippen LogP contribution is -2.21. The molecule has 0 radical (unpaired) electrons. The molecule has 7 nitrogen and oxygen atoms in total. The maximum absolute atomic E-state index is 15.2. The van der Waals surface area contributed by atoms with Crippen molar-refractivity contribution in [2.75, 3.05) is 37.6 Å². The molecule has 178 valence electrons. The number of rotatable bonds is 10. The molecule has 2 aromatic rings. The molecule has 2 aromatic carbocycles. The summed E-state index contributed by atoms with van der Waals surface area (Å²) in [6, 6.07) is 9.69. The van der Waals surface area contributed by atoms with Crippen molar-refractivity contribution in [3.63, 3.8) is 0 Å². The molecule has 1 amide bonds. The Kier molecular flexibility index (Phi) is 10.2. The van der Waals surface area contributed by atoms with Gasteiger partial charge < -0.3 is 19.5 Å². The largest absolute Gasteiger partial charge is 0.488 e. The maximum atomic E-state index is 15.2. The zero-order valence-corrected chi connectivity index (χ0v) is 20.2. The van der Waals surface area contributed by atoms with E-state index >= 15 is 4.39 Å². The number of halogens is 4. The molecule has 0 spiro atoms. The van der Waals surface area contributed by atoms with Crippen LogP contribution in [-0.2, 0) is 9.47 Å². The first-order chi connectivity index (χ1) is 15.6. The van der Waals surface area contributed by atoms with Gasteiger partial charge in [-0.1, -0.05) is 41.4 Å². The average molecular weight is 519 g/mol. The van der Waals surface area contributed by atoms with Gasteiger partial charge >= 0.3 is 6.09 Å². The summed E-state index contributed by atoms with van der Waals surface area (Å²) < 4.78 is 28.7. The third-order valence-corrected chi connectivity index (χ3v) is 4.32. The third kappa shape index (κ3) is 8.74. The van der Waals surface area contributed by atoms with Crippen molar-refractivity contribution in [2.45, 2.75) is 10.7 Å². The number of ether oxygens (including phenoxy) is 3. The van der Waals surface area contributed by atoms with Gasteiger partial charge in [0.25, 0.3) is 0 Å². The molecule has 11 heteroatoms. The van der Waals surface area contributed by atoms with Crippen LogP contribution >= 0.6 is 34.8 Å². The number of benzene rings is 2. The van der Waals surface area contributed by atoms with Crippen LogP contribution in [0.4, 0.5) is 26.2 Å². The predicted octanol–water partition coefficient (Wildman–Crippen LogP) is 6.57. The Morgan fingerprint density at radius 2 is 1.76 bits per heavy atom. The second-order valence-electron chi connectivity index (χ2n) is 6.50. The Labute approximate surface area is 206 Å². The second kappa shape index (κ2) is 12.6. The van der Waals surface area contributed by atoms with Crippen LogP contribution in [0.1, 0.15) is 12.5 Å². The lowest BCUT2D eigenvalue weighted by atomic mass is 10.1. The Balaban J connectivity index is 2.12. The van der Waals surface area contributed by atoms with Gasteiger partial charge in [0.1, 0.15) is 13.2 Å². The summed E-state index contributed by atoms with van der Waals surface area (Å²) in [6.45, 7) is 5.79. The van der Waals surface area contributed by atoms with Crippen molar-refractivity contribution in [2.24, 2.45) is 4.99 Å². The fourth-order valence-corrected chi connectivity index (χ4v) is 2.77. The van der Waals surface area contributed by atoms with Crippen molar-refractivity contribution >= 4 is 69.9 Å². The first kappa shape index (κ1) is 26.7. The van der Waals surface area contributed by atoms with Crippen molar-refractivity contribution < 1.29 is 23.4 Å². The first-order valence-electron chi connectivity index (χ1n) is 9.64. The molecule has 0 aliphatic rings. The quantitative estimate of drug-likeness (QED) is 0.211. The van der Waals surface area contributed by atoms with Gasteiger partial charge in [-0.2, -0.15) is 0 Å². The summed E-state index contributed by atoms with van der Waals surface area (Å²) in [5, 5.41) is 5.53. The first-order valence-corrected chi connectivity index (χ1v) is 10.8. The molecule has 0 unspecified atom stereocenters. The van der Waals surface area contributed by atoms with E-state index in [4.69, 9.17) is 49.0 Å². The van der Waals surface area contributed by atoms with Gasteiger partial charge in [0.15, 0.2) is 11.6 Å². The SMILES string of the molecule is C=C(Nc1ccc(NC(=O)OCC(Cl)(Cl)Cl)cc1)c1c(N=CC)ccc(OCCOC)c1F. The molecular weight excluding hydrogens is 496 g/mol.